The molecular weight excluding hydrogens is 302 g/mol. The largest absolute Gasteiger partial charge is 0.381 e. The minimum absolute atomic E-state index is 0.112. The highest BCUT2D eigenvalue weighted by Crippen LogP contribution is 2.33. The molecule has 0 aliphatic carbocycles. The molecule has 2 aromatic heterocycles. The Labute approximate surface area is 134 Å². The summed E-state index contributed by atoms with van der Waals surface area (Å²) in [5, 5.41) is 7.51. The van der Waals surface area contributed by atoms with Crippen LogP contribution >= 0.6 is 23.1 Å². The van der Waals surface area contributed by atoms with Gasteiger partial charge in [0.1, 0.15) is 5.03 Å². The van der Waals surface area contributed by atoms with Crippen molar-refractivity contribution < 1.29 is 4.74 Å². The van der Waals surface area contributed by atoms with Crippen LogP contribution in [-0.2, 0) is 11.3 Å². The molecule has 0 aromatic carbocycles. The maximum absolute atomic E-state index is 5.45. The van der Waals surface area contributed by atoms with Gasteiger partial charge in [-0.05, 0) is 33.6 Å². The summed E-state index contributed by atoms with van der Waals surface area (Å²) >= 11 is 3.63. The quantitative estimate of drug-likeness (QED) is 0.933. The van der Waals surface area contributed by atoms with Crippen LogP contribution in [0.15, 0.2) is 16.6 Å². The van der Waals surface area contributed by atoms with Gasteiger partial charge in [0.15, 0.2) is 4.96 Å². The molecule has 1 N–H and O–H groups in total. The van der Waals surface area contributed by atoms with Crippen LogP contribution < -0.4 is 5.32 Å². The van der Waals surface area contributed by atoms with Crippen molar-refractivity contribution in [3.63, 3.8) is 0 Å². The Bertz CT molecular complexity index is 594. The molecule has 1 aliphatic heterocycles. The van der Waals surface area contributed by atoms with Gasteiger partial charge >= 0.3 is 0 Å². The first kappa shape index (κ1) is 15.3. The molecule has 0 radical (unpaired) electrons. The molecule has 3 heterocycles. The molecule has 0 saturated carbocycles. The summed E-state index contributed by atoms with van der Waals surface area (Å²) in [6.45, 7) is 9.22. The van der Waals surface area contributed by atoms with E-state index in [1.165, 1.54) is 10.7 Å². The molecule has 21 heavy (non-hydrogen) atoms. The maximum atomic E-state index is 5.45. The Hall–Kier alpha value is -0.560. The second kappa shape index (κ2) is 6.28. The topological polar surface area (TPSA) is 38.6 Å². The molecule has 1 fully saturated rings. The Morgan fingerprint density at radius 2 is 2.19 bits per heavy atom. The summed E-state index contributed by atoms with van der Waals surface area (Å²) in [5.74, 6) is 0. The molecule has 0 spiro atoms. The molecule has 0 bridgehead atoms. The third-order valence-corrected chi connectivity index (χ3v) is 5.67. The van der Waals surface area contributed by atoms with Crippen molar-refractivity contribution in [3.8, 4) is 0 Å². The molecule has 0 amide bonds. The van der Waals surface area contributed by atoms with Crippen molar-refractivity contribution >= 4 is 28.1 Å². The van der Waals surface area contributed by atoms with Gasteiger partial charge in [0.05, 0.1) is 5.69 Å². The Morgan fingerprint density at radius 1 is 1.43 bits per heavy atom. The first-order valence-corrected chi connectivity index (χ1v) is 9.23. The van der Waals surface area contributed by atoms with E-state index in [4.69, 9.17) is 9.72 Å². The molecule has 6 heteroatoms. The lowest BCUT2D eigenvalue weighted by atomic mass is 10.1. The van der Waals surface area contributed by atoms with Crippen LogP contribution in [0.5, 0.6) is 0 Å². The second-order valence-electron chi connectivity index (χ2n) is 6.45. The number of fused-ring (bicyclic) bond motifs is 1. The van der Waals surface area contributed by atoms with E-state index >= 15 is 0 Å². The van der Waals surface area contributed by atoms with Gasteiger partial charge in [-0.1, -0.05) is 0 Å². The van der Waals surface area contributed by atoms with Gasteiger partial charge in [-0.15, -0.1) is 23.1 Å². The normalized spacial score (nSPS) is 17.7. The Balaban J connectivity index is 1.80. The van der Waals surface area contributed by atoms with Crippen LogP contribution in [0.4, 0.5) is 0 Å². The van der Waals surface area contributed by atoms with Crippen molar-refractivity contribution in [1.29, 1.82) is 0 Å². The molecule has 116 valence electrons. The highest BCUT2D eigenvalue weighted by Gasteiger charge is 2.21. The SMILES string of the molecule is CC(C)(C)NCc1c(SC2CCOCC2)nc2sccn12. The summed E-state index contributed by atoms with van der Waals surface area (Å²) in [5.41, 5.74) is 1.40. The molecule has 2 aromatic rings. The lowest BCUT2D eigenvalue weighted by Crippen LogP contribution is -2.35. The van der Waals surface area contributed by atoms with E-state index < -0.39 is 0 Å². The van der Waals surface area contributed by atoms with E-state index in [9.17, 15) is 0 Å². The predicted molar refractivity (Wildman–Crippen MR) is 89.4 cm³/mol. The summed E-state index contributed by atoms with van der Waals surface area (Å²) in [6, 6.07) is 0. The van der Waals surface area contributed by atoms with E-state index in [0.29, 0.717) is 5.25 Å². The Morgan fingerprint density at radius 3 is 2.90 bits per heavy atom. The van der Waals surface area contributed by atoms with Gasteiger partial charge in [0.25, 0.3) is 0 Å². The smallest absolute Gasteiger partial charge is 0.194 e. The lowest BCUT2D eigenvalue weighted by Gasteiger charge is -2.22. The number of imidazole rings is 1. The van der Waals surface area contributed by atoms with Gasteiger partial charge in [0.2, 0.25) is 0 Å². The number of aromatic nitrogens is 2. The predicted octanol–water partition coefficient (Wildman–Crippen LogP) is 3.56. The van der Waals surface area contributed by atoms with Crippen LogP contribution in [0.25, 0.3) is 4.96 Å². The highest BCUT2D eigenvalue weighted by atomic mass is 32.2. The second-order valence-corrected chi connectivity index (χ2v) is 8.61. The zero-order chi connectivity index (χ0) is 14.9. The molecule has 1 saturated heterocycles. The van der Waals surface area contributed by atoms with Crippen molar-refractivity contribution in [1.82, 2.24) is 14.7 Å². The number of ether oxygens (including phenoxy) is 1. The van der Waals surface area contributed by atoms with Crippen LogP contribution in [0, 0.1) is 0 Å². The van der Waals surface area contributed by atoms with Crippen molar-refractivity contribution in [2.24, 2.45) is 0 Å². The van der Waals surface area contributed by atoms with Gasteiger partial charge in [0, 0.05) is 42.1 Å². The van der Waals surface area contributed by atoms with Crippen LogP contribution in [0.1, 0.15) is 39.3 Å². The number of nitrogens with one attached hydrogen (secondary N) is 1. The minimum Gasteiger partial charge on any atom is -0.381 e. The van der Waals surface area contributed by atoms with Gasteiger partial charge in [-0.25, -0.2) is 4.98 Å². The van der Waals surface area contributed by atoms with Crippen molar-refractivity contribution in [2.75, 3.05) is 13.2 Å². The van der Waals surface area contributed by atoms with Crippen LogP contribution in [0.2, 0.25) is 0 Å². The van der Waals surface area contributed by atoms with E-state index in [-0.39, 0.29) is 5.54 Å². The van der Waals surface area contributed by atoms with Gasteiger partial charge in [-0.2, -0.15) is 0 Å². The molecule has 3 rings (SSSR count). The fraction of sp³-hybridized carbons (Fsp3) is 0.667. The fourth-order valence-electron chi connectivity index (χ4n) is 2.37. The number of rotatable bonds is 4. The summed E-state index contributed by atoms with van der Waals surface area (Å²) in [6.07, 6.45) is 4.38. The standard InChI is InChI=1S/C15H23N3OS2/c1-15(2,3)16-10-12-13(17-14-18(12)6-9-20-14)21-11-4-7-19-8-5-11/h6,9,11,16H,4-5,7-8,10H2,1-3H3. The van der Waals surface area contributed by atoms with E-state index in [1.807, 2.05) is 11.8 Å². The molecule has 4 nitrogen and oxygen atoms in total. The first-order valence-electron chi connectivity index (χ1n) is 7.47. The summed E-state index contributed by atoms with van der Waals surface area (Å²) < 4.78 is 7.68. The number of hydrogen-bond donors (Lipinski definition) is 1. The number of nitrogens with zero attached hydrogens (tertiary/aromatic N) is 2. The number of hydrogen-bond acceptors (Lipinski definition) is 5. The van der Waals surface area contributed by atoms with Crippen LogP contribution in [-0.4, -0.2) is 33.4 Å². The van der Waals surface area contributed by atoms with E-state index in [0.717, 1.165) is 37.6 Å². The third-order valence-electron chi connectivity index (χ3n) is 3.56. The van der Waals surface area contributed by atoms with Crippen LogP contribution in [0.3, 0.4) is 0 Å². The summed E-state index contributed by atoms with van der Waals surface area (Å²) in [4.78, 5) is 5.92. The lowest BCUT2D eigenvalue weighted by molar-refractivity contribution is 0.1000. The monoisotopic (exact) mass is 325 g/mol. The summed E-state index contributed by atoms with van der Waals surface area (Å²) in [7, 11) is 0. The van der Waals surface area contributed by atoms with Crippen molar-refractivity contribution in [2.45, 2.75) is 56.0 Å². The zero-order valence-corrected chi connectivity index (χ0v) is 14.5. The molecule has 0 atom stereocenters. The third kappa shape index (κ3) is 3.80. The van der Waals surface area contributed by atoms with E-state index in [1.54, 1.807) is 11.3 Å². The average molecular weight is 326 g/mol. The van der Waals surface area contributed by atoms with Crippen molar-refractivity contribution in [3.05, 3.63) is 17.3 Å². The Kier molecular flexibility index (Phi) is 4.59. The number of thiazole rings is 1. The molecule has 0 unspecified atom stereocenters. The minimum atomic E-state index is 0.112. The highest BCUT2D eigenvalue weighted by molar-refractivity contribution is 7.99. The number of thioether (sulfide) groups is 1. The first-order chi connectivity index (χ1) is 10.0. The van der Waals surface area contributed by atoms with Gasteiger partial charge < -0.3 is 10.1 Å². The van der Waals surface area contributed by atoms with E-state index in [2.05, 4.69) is 42.1 Å². The van der Waals surface area contributed by atoms with Gasteiger partial charge in [-0.3, -0.25) is 4.40 Å². The maximum Gasteiger partial charge on any atom is 0.194 e. The fourth-order valence-corrected chi connectivity index (χ4v) is 4.35. The average Bonchev–Trinajstić information content (AvgIpc) is 2.98. The molecular formula is C15H23N3OS2. The molecule has 1 aliphatic rings. The zero-order valence-electron chi connectivity index (χ0n) is 12.9.